The van der Waals surface area contributed by atoms with Gasteiger partial charge in [0.2, 0.25) is 0 Å². The summed E-state index contributed by atoms with van der Waals surface area (Å²) in [6.07, 6.45) is 6.20. The average Bonchev–Trinajstić information content (AvgIpc) is 2.36. The Labute approximate surface area is 113 Å². The van der Waals surface area contributed by atoms with E-state index >= 15 is 0 Å². The van der Waals surface area contributed by atoms with Crippen LogP contribution in [0.15, 0.2) is 4.79 Å². The van der Waals surface area contributed by atoms with Crippen LogP contribution in [0.5, 0.6) is 0 Å². The van der Waals surface area contributed by atoms with Crippen LogP contribution in [-0.4, -0.2) is 9.55 Å². The lowest BCUT2D eigenvalue weighted by molar-refractivity contribution is 0.430. The van der Waals surface area contributed by atoms with Crippen LogP contribution in [0, 0.1) is 4.77 Å². The fourth-order valence-electron chi connectivity index (χ4n) is 2.93. The predicted octanol–water partition coefficient (Wildman–Crippen LogP) is 3.61. The van der Waals surface area contributed by atoms with Gasteiger partial charge >= 0.3 is 0 Å². The molecule has 1 fully saturated rings. The summed E-state index contributed by atoms with van der Waals surface area (Å²) in [6, 6.07) is 0. The number of nitrogens with zero attached hydrogens (tertiary/aromatic N) is 1. The highest BCUT2D eigenvalue weighted by molar-refractivity contribution is 7.71. The number of hydrogen-bond donors (Lipinski definition) is 1. The molecular weight excluding hydrogens is 244 g/mol. The minimum atomic E-state index is 0.0781. The maximum absolute atomic E-state index is 12.4. The summed E-state index contributed by atoms with van der Waals surface area (Å²) in [5.74, 6) is 0.735. The first-order chi connectivity index (χ1) is 8.52. The van der Waals surface area contributed by atoms with E-state index in [1.807, 2.05) is 0 Å². The van der Waals surface area contributed by atoms with E-state index in [-0.39, 0.29) is 11.5 Å². The van der Waals surface area contributed by atoms with Crippen LogP contribution in [0.1, 0.15) is 69.0 Å². The fourth-order valence-corrected chi connectivity index (χ4v) is 3.12. The molecular formula is C14H22N2OS. The van der Waals surface area contributed by atoms with Gasteiger partial charge in [0.15, 0.2) is 4.77 Å². The predicted molar refractivity (Wildman–Crippen MR) is 76.8 cm³/mol. The van der Waals surface area contributed by atoms with Crippen LogP contribution >= 0.6 is 12.2 Å². The van der Waals surface area contributed by atoms with Gasteiger partial charge in [0.05, 0.1) is 0 Å². The number of nitrogens with one attached hydrogen (secondary N) is 1. The van der Waals surface area contributed by atoms with Gasteiger partial charge in [0.25, 0.3) is 5.56 Å². The molecule has 18 heavy (non-hydrogen) atoms. The lowest BCUT2D eigenvalue weighted by atomic mass is 9.83. The molecule has 1 heterocycles. The highest BCUT2D eigenvalue weighted by Crippen LogP contribution is 2.34. The number of H-pyrrole nitrogens is 1. The summed E-state index contributed by atoms with van der Waals surface area (Å²) in [4.78, 5) is 15.7. The molecule has 1 aromatic rings. The monoisotopic (exact) mass is 266 g/mol. The summed E-state index contributed by atoms with van der Waals surface area (Å²) in [5.41, 5.74) is 2.12. The Morgan fingerprint density at radius 2 is 1.89 bits per heavy atom. The molecule has 0 aromatic carbocycles. The van der Waals surface area contributed by atoms with Gasteiger partial charge in [-0.1, -0.05) is 33.1 Å². The summed E-state index contributed by atoms with van der Waals surface area (Å²) in [6.45, 7) is 4.17. The third-order valence-electron chi connectivity index (χ3n) is 3.96. The van der Waals surface area contributed by atoms with Gasteiger partial charge in [0.1, 0.15) is 0 Å². The maximum atomic E-state index is 12.4. The minimum Gasteiger partial charge on any atom is -0.335 e. The zero-order valence-electron chi connectivity index (χ0n) is 11.5. The molecule has 0 aliphatic heterocycles. The van der Waals surface area contributed by atoms with E-state index in [2.05, 4.69) is 18.8 Å². The van der Waals surface area contributed by atoms with Gasteiger partial charge < -0.3 is 4.98 Å². The van der Waals surface area contributed by atoms with Crippen LogP contribution in [0.25, 0.3) is 0 Å². The van der Waals surface area contributed by atoms with Crippen molar-refractivity contribution in [3.63, 3.8) is 0 Å². The van der Waals surface area contributed by atoms with Crippen molar-refractivity contribution in [2.24, 2.45) is 7.05 Å². The topological polar surface area (TPSA) is 37.8 Å². The van der Waals surface area contributed by atoms with Crippen LogP contribution in [0.4, 0.5) is 0 Å². The molecule has 1 saturated carbocycles. The smallest absolute Gasteiger partial charge is 0.257 e. The van der Waals surface area contributed by atoms with Gasteiger partial charge in [-0.05, 0) is 36.9 Å². The fraction of sp³-hybridized carbons (Fsp3) is 0.714. The van der Waals surface area contributed by atoms with Crippen molar-refractivity contribution in [3.8, 4) is 0 Å². The molecule has 100 valence electrons. The molecule has 2 rings (SSSR count). The van der Waals surface area contributed by atoms with E-state index in [0.717, 1.165) is 11.3 Å². The van der Waals surface area contributed by atoms with Crippen LogP contribution < -0.4 is 5.56 Å². The number of hydrogen-bond acceptors (Lipinski definition) is 2. The Morgan fingerprint density at radius 1 is 1.28 bits per heavy atom. The van der Waals surface area contributed by atoms with Crippen molar-refractivity contribution in [3.05, 3.63) is 26.4 Å². The molecule has 0 bridgehead atoms. The SMILES string of the molecule is CC(C)c1c(C2CCCCC2)[nH]c(=S)n(C)c1=O. The quantitative estimate of drug-likeness (QED) is 0.830. The number of aromatic amines is 1. The van der Waals surface area contributed by atoms with Crippen molar-refractivity contribution in [2.75, 3.05) is 0 Å². The molecule has 1 aliphatic rings. The average molecular weight is 266 g/mol. The molecule has 0 atom stereocenters. The lowest BCUT2D eigenvalue weighted by Crippen LogP contribution is -2.27. The minimum absolute atomic E-state index is 0.0781. The number of aromatic nitrogens is 2. The van der Waals surface area contributed by atoms with E-state index in [1.165, 1.54) is 32.1 Å². The number of rotatable bonds is 2. The molecule has 4 heteroatoms. The Bertz CT molecular complexity index is 536. The van der Waals surface area contributed by atoms with E-state index in [0.29, 0.717) is 10.7 Å². The third kappa shape index (κ3) is 2.44. The van der Waals surface area contributed by atoms with Crippen LogP contribution in [0.2, 0.25) is 0 Å². The summed E-state index contributed by atoms with van der Waals surface area (Å²) in [7, 11) is 1.75. The molecule has 0 spiro atoms. The second kappa shape index (κ2) is 5.39. The van der Waals surface area contributed by atoms with E-state index in [1.54, 1.807) is 11.6 Å². The molecule has 1 aliphatic carbocycles. The van der Waals surface area contributed by atoms with Crippen molar-refractivity contribution >= 4 is 12.2 Å². The van der Waals surface area contributed by atoms with Gasteiger partial charge in [-0.15, -0.1) is 0 Å². The molecule has 0 radical (unpaired) electrons. The van der Waals surface area contributed by atoms with Gasteiger partial charge in [-0.2, -0.15) is 0 Å². The largest absolute Gasteiger partial charge is 0.335 e. The van der Waals surface area contributed by atoms with Crippen LogP contribution in [-0.2, 0) is 7.05 Å². The maximum Gasteiger partial charge on any atom is 0.257 e. The van der Waals surface area contributed by atoms with Crippen molar-refractivity contribution in [1.82, 2.24) is 9.55 Å². The Hall–Kier alpha value is -0.900. The van der Waals surface area contributed by atoms with E-state index in [9.17, 15) is 4.79 Å². The van der Waals surface area contributed by atoms with Gasteiger partial charge in [0, 0.05) is 18.3 Å². The Balaban J connectivity index is 2.58. The highest BCUT2D eigenvalue weighted by Gasteiger charge is 2.23. The normalized spacial score (nSPS) is 17.3. The Kier molecular flexibility index (Phi) is 4.05. The molecule has 0 amide bonds. The van der Waals surface area contributed by atoms with E-state index in [4.69, 9.17) is 12.2 Å². The van der Waals surface area contributed by atoms with E-state index < -0.39 is 0 Å². The summed E-state index contributed by atoms with van der Waals surface area (Å²) in [5, 5.41) is 0. The van der Waals surface area contributed by atoms with Gasteiger partial charge in [-0.25, -0.2) is 0 Å². The first-order valence-electron chi connectivity index (χ1n) is 6.85. The third-order valence-corrected chi connectivity index (χ3v) is 4.34. The zero-order chi connectivity index (χ0) is 13.3. The second-order valence-corrected chi connectivity index (χ2v) is 6.00. The first-order valence-corrected chi connectivity index (χ1v) is 7.26. The highest BCUT2D eigenvalue weighted by atomic mass is 32.1. The van der Waals surface area contributed by atoms with Crippen molar-refractivity contribution in [2.45, 2.75) is 57.8 Å². The molecule has 1 N–H and O–H groups in total. The summed E-state index contributed by atoms with van der Waals surface area (Å²) >= 11 is 5.25. The van der Waals surface area contributed by atoms with Crippen molar-refractivity contribution in [1.29, 1.82) is 0 Å². The first kappa shape index (κ1) is 13.5. The molecule has 3 nitrogen and oxygen atoms in total. The van der Waals surface area contributed by atoms with Crippen LogP contribution in [0.3, 0.4) is 0 Å². The van der Waals surface area contributed by atoms with Gasteiger partial charge in [-0.3, -0.25) is 9.36 Å². The summed E-state index contributed by atoms with van der Waals surface area (Å²) < 4.78 is 2.10. The zero-order valence-corrected chi connectivity index (χ0v) is 12.3. The lowest BCUT2D eigenvalue weighted by Gasteiger charge is -2.25. The van der Waals surface area contributed by atoms with Crippen molar-refractivity contribution < 1.29 is 0 Å². The molecule has 1 aromatic heterocycles. The standard InChI is InChI=1S/C14H22N2OS/c1-9(2)11-12(10-7-5-4-6-8-10)15-14(18)16(3)13(11)17/h9-10H,4-8H2,1-3H3,(H,15,18). The molecule has 0 saturated heterocycles. The second-order valence-electron chi connectivity index (χ2n) is 5.61. The Morgan fingerprint density at radius 3 is 2.44 bits per heavy atom. The molecule has 0 unspecified atom stereocenters.